The SMILES string of the molecule is O=C(Nc1cncnc1Nc1ccccc1)c1ccnc(Nc2ccccc2)n1. The zero-order valence-electron chi connectivity index (χ0n) is 15.3. The Kier molecular flexibility index (Phi) is 5.34. The minimum Gasteiger partial charge on any atom is -0.338 e. The summed E-state index contributed by atoms with van der Waals surface area (Å²) in [5.41, 5.74) is 2.33. The number of hydrogen-bond acceptors (Lipinski definition) is 7. The van der Waals surface area contributed by atoms with Gasteiger partial charge in [-0.3, -0.25) is 4.79 Å². The van der Waals surface area contributed by atoms with Crippen LogP contribution in [-0.2, 0) is 0 Å². The lowest BCUT2D eigenvalue weighted by atomic mass is 10.3. The maximum absolute atomic E-state index is 12.7. The van der Waals surface area contributed by atoms with Crippen LogP contribution in [0.2, 0.25) is 0 Å². The van der Waals surface area contributed by atoms with Crippen molar-refractivity contribution >= 4 is 34.7 Å². The first-order chi connectivity index (χ1) is 14.3. The molecule has 0 bridgehead atoms. The molecule has 0 saturated carbocycles. The van der Waals surface area contributed by atoms with E-state index in [0.29, 0.717) is 17.5 Å². The fraction of sp³-hybridized carbons (Fsp3) is 0. The van der Waals surface area contributed by atoms with E-state index in [2.05, 4.69) is 35.9 Å². The number of nitrogens with zero attached hydrogens (tertiary/aromatic N) is 4. The number of anilines is 5. The maximum Gasteiger partial charge on any atom is 0.274 e. The number of benzene rings is 2. The first kappa shape index (κ1) is 18.1. The van der Waals surface area contributed by atoms with Crippen LogP contribution in [0, 0.1) is 0 Å². The van der Waals surface area contributed by atoms with Crippen LogP contribution in [-0.4, -0.2) is 25.8 Å². The molecule has 0 radical (unpaired) electrons. The molecule has 0 aliphatic heterocycles. The van der Waals surface area contributed by atoms with Gasteiger partial charge in [-0.2, -0.15) is 0 Å². The van der Waals surface area contributed by atoms with Gasteiger partial charge < -0.3 is 16.0 Å². The average Bonchev–Trinajstić information content (AvgIpc) is 2.77. The molecule has 0 atom stereocenters. The van der Waals surface area contributed by atoms with E-state index in [1.807, 2.05) is 60.7 Å². The topological polar surface area (TPSA) is 105 Å². The number of para-hydroxylation sites is 2. The van der Waals surface area contributed by atoms with Crippen LogP contribution in [0.1, 0.15) is 10.5 Å². The Balaban J connectivity index is 1.51. The average molecular weight is 383 g/mol. The second-order valence-electron chi connectivity index (χ2n) is 5.99. The highest BCUT2D eigenvalue weighted by Crippen LogP contribution is 2.22. The summed E-state index contributed by atoms with van der Waals surface area (Å²) in [5, 5.41) is 9.02. The lowest BCUT2D eigenvalue weighted by Crippen LogP contribution is -2.16. The van der Waals surface area contributed by atoms with E-state index < -0.39 is 5.91 Å². The molecule has 2 heterocycles. The number of carbonyl (C=O) groups is 1. The number of rotatable bonds is 6. The van der Waals surface area contributed by atoms with Gasteiger partial charge in [0.25, 0.3) is 5.91 Å². The van der Waals surface area contributed by atoms with E-state index in [-0.39, 0.29) is 5.69 Å². The zero-order valence-corrected chi connectivity index (χ0v) is 15.3. The van der Waals surface area contributed by atoms with Gasteiger partial charge in [-0.25, -0.2) is 19.9 Å². The Hall–Kier alpha value is -4.33. The van der Waals surface area contributed by atoms with E-state index in [0.717, 1.165) is 11.4 Å². The molecule has 29 heavy (non-hydrogen) atoms. The molecular formula is C21H17N7O. The van der Waals surface area contributed by atoms with Gasteiger partial charge in [0.15, 0.2) is 5.82 Å². The standard InChI is InChI=1S/C21H17N7O/c29-20(17-11-12-23-21(28-17)26-16-9-5-2-6-10-16)27-18-13-22-14-24-19(18)25-15-7-3-1-4-8-15/h1-14H,(H,27,29)(H,22,24,25)(H,23,26,28). The van der Waals surface area contributed by atoms with Gasteiger partial charge in [0, 0.05) is 17.6 Å². The fourth-order valence-corrected chi connectivity index (χ4v) is 2.56. The van der Waals surface area contributed by atoms with Crippen LogP contribution in [0.25, 0.3) is 0 Å². The van der Waals surface area contributed by atoms with Crippen LogP contribution in [0.4, 0.5) is 28.8 Å². The molecule has 4 rings (SSSR count). The minimum absolute atomic E-state index is 0.216. The molecule has 2 aromatic carbocycles. The quantitative estimate of drug-likeness (QED) is 0.462. The highest BCUT2D eigenvalue weighted by Gasteiger charge is 2.13. The van der Waals surface area contributed by atoms with Gasteiger partial charge in [-0.15, -0.1) is 0 Å². The molecule has 0 unspecified atom stereocenters. The van der Waals surface area contributed by atoms with Crippen molar-refractivity contribution in [2.45, 2.75) is 0 Å². The molecule has 0 spiro atoms. The van der Waals surface area contributed by atoms with Crippen molar-refractivity contribution in [3.8, 4) is 0 Å². The van der Waals surface area contributed by atoms with Crippen LogP contribution >= 0.6 is 0 Å². The molecule has 3 N–H and O–H groups in total. The molecule has 1 amide bonds. The number of amides is 1. The highest BCUT2D eigenvalue weighted by molar-refractivity contribution is 6.04. The highest BCUT2D eigenvalue weighted by atomic mass is 16.1. The van der Waals surface area contributed by atoms with Crippen LogP contribution in [0.3, 0.4) is 0 Å². The van der Waals surface area contributed by atoms with Crippen LogP contribution in [0.5, 0.6) is 0 Å². The van der Waals surface area contributed by atoms with Crippen molar-refractivity contribution in [2.24, 2.45) is 0 Å². The lowest BCUT2D eigenvalue weighted by molar-refractivity contribution is 0.102. The normalized spacial score (nSPS) is 10.2. The molecular weight excluding hydrogens is 366 g/mol. The van der Waals surface area contributed by atoms with Crippen molar-refractivity contribution < 1.29 is 4.79 Å². The van der Waals surface area contributed by atoms with Crippen molar-refractivity contribution in [1.82, 2.24) is 19.9 Å². The molecule has 4 aromatic rings. The number of hydrogen-bond donors (Lipinski definition) is 3. The Bertz CT molecular complexity index is 1100. The molecule has 0 fully saturated rings. The molecule has 8 heteroatoms. The first-order valence-corrected chi connectivity index (χ1v) is 8.86. The maximum atomic E-state index is 12.7. The van der Waals surface area contributed by atoms with E-state index in [9.17, 15) is 4.79 Å². The Morgan fingerprint density at radius 3 is 2.21 bits per heavy atom. The molecule has 8 nitrogen and oxygen atoms in total. The minimum atomic E-state index is -0.394. The van der Waals surface area contributed by atoms with Crippen molar-refractivity contribution in [2.75, 3.05) is 16.0 Å². The van der Waals surface area contributed by atoms with Crippen molar-refractivity contribution in [1.29, 1.82) is 0 Å². The van der Waals surface area contributed by atoms with Crippen LogP contribution in [0.15, 0.2) is 85.5 Å². The van der Waals surface area contributed by atoms with Gasteiger partial charge in [-0.1, -0.05) is 36.4 Å². The summed E-state index contributed by atoms with van der Waals surface area (Å²) in [6.07, 6.45) is 4.46. The van der Waals surface area contributed by atoms with Gasteiger partial charge in [0.05, 0.1) is 6.20 Å². The third kappa shape index (κ3) is 4.69. The fourth-order valence-electron chi connectivity index (χ4n) is 2.56. The van der Waals surface area contributed by atoms with Crippen molar-refractivity contribution in [3.63, 3.8) is 0 Å². The van der Waals surface area contributed by atoms with Crippen molar-refractivity contribution in [3.05, 3.63) is 91.1 Å². The third-order valence-corrected chi connectivity index (χ3v) is 3.92. The Labute approximate surface area is 167 Å². The molecule has 2 aromatic heterocycles. The number of aromatic nitrogens is 4. The largest absolute Gasteiger partial charge is 0.338 e. The first-order valence-electron chi connectivity index (χ1n) is 8.86. The van der Waals surface area contributed by atoms with Crippen LogP contribution < -0.4 is 16.0 Å². The van der Waals surface area contributed by atoms with E-state index >= 15 is 0 Å². The van der Waals surface area contributed by atoms with E-state index in [4.69, 9.17) is 0 Å². The summed E-state index contributed by atoms with van der Waals surface area (Å²) in [6, 6.07) is 20.6. The molecule has 0 aliphatic rings. The van der Waals surface area contributed by atoms with E-state index in [1.165, 1.54) is 18.7 Å². The second-order valence-corrected chi connectivity index (χ2v) is 5.99. The summed E-state index contributed by atoms with van der Waals surface area (Å²) in [4.78, 5) is 29.4. The summed E-state index contributed by atoms with van der Waals surface area (Å²) in [7, 11) is 0. The smallest absolute Gasteiger partial charge is 0.274 e. The molecule has 142 valence electrons. The lowest BCUT2D eigenvalue weighted by Gasteiger charge is -2.11. The summed E-state index contributed by atoms with van der Waals surface area (Å²) < 4.78 is 0. The molecule has 0 aliphatic carbocycles. The summed E-state index contributed by atoms with van der Waals surface area (Å²) in [6.45, 7) is 0. The predicted octanol–water partition coefficient (Wildman–Crippen LogP) is 4.01. The van der Waals surface area contributed by atoms with Gasteiger partial charge >= 0.3 is 0 Å². The monoisotopic (exact) mass is 383 g/mol. The predicted molar refractivity (Wildman–Crippen MR) is 111 cm³/mol. The molecule has 0 saturated heterocycles. The summed E-state index contributed by atoms with van der Waals surface area (Å²) in [5.74, 6) is 0.418. The second kappa shape index (κ2) is 8.57. The van der Waals surface area contributed by atoms with Gasteiger partial charge in [0.1, 0.15) is 17.7 Å². The Morgan fingerprint density at radius 2 is 1.48 bits per heavy atom. The van der Waals surface area contributed by atoms with Gasteiger partial charge in [-0.05, 0) is 30.3 Å². The van der Waals surface area contributed by atoms with E-state index in [1.54, 1.807) is 6.07 Å². The third-order valence-electron chi connectivity index (χ3n) is 3.92. The Morgan fingerprint density at radius 1 is 0.793 bits per heavy atom. The zero-order chi connectivity index (χ0) is 19.9. The number of carbonyl (C=O) groups excluding carboxylic acids is 1. The summed E-state index contributed by atoms with van der Waals surface area (Å²) >= 11 is 0. The van der Waals surface area contributed by atoms with Gasteiger partial charge in [0.2, 0.25) is 5.95 Å². The number of nitrogens with one attached hydrogen (secondary N) is 3.